The van der Waals surface area contributed by atoms with Gasteiger partial charge in [-0.2, -0.15) is 0 Å². The molecule has 1 N–H and O–H groups in total. The van der Waals surface area contributed by atoms with E-state index in [1.165, 1.54) is 24.4 Å². The van der Waals surface area contributed by atoms with Crippen molar-refractivity contribution in [2.75, 3.05) is 29.6 Å². The van der Waals surface area contributed by atoms with Crippen molar-refractivity contribution in [1.82, 2.24) is 4.98 Å². The number of anilines is 2. The largest absolute Gasteiger partial charge is 0.372 e. The Morgan fingerprint density at radius 3 is 2.46 bits per heavy atom. The van der Waals surface area contributed by atoms with Gasteiger partial charge in [-0.3, -0.25) is 4.79 Å². The van der Waals surface area contributed by atoms with Crippen LogP contribution >= 0.6 is 11.6 Å². The van der Waals surface area contributed by atoms with Crippen molar-refractivity contribution in [3.63, 3.8) is 0 Å². The van der Waals surface area contributed by atoms with E-state index in [0.717, 1.165) is 25.2 Å². The standard InChI is InChI=1S/C19H22ClN3O4S/c1-12-10-23(11-13(2)27-12)18-7-4-14(9-21-18)19(24)22-17-8-15(28(3,25)26)5-6-16(17)20/h4-9,12-13H,10-11H2,1-3H3,(H,22,24). The summed E-state index contributed by atoms with van der Waals surface area (Å²) >= 11 is 6.09. The fraction of sp³-hybridized carbons (Fsp3) is 0.368. The zero-order chi connectivity index (χ0) is 20.5. The molecule has 2 heterocycles. The van der Waals surface area contributed by atoms with Gasteiger partial charge in [-0.05, 0) is 44.2 Å². The average Bonchev–Trinajstić information content (AvgIpc) is 2.62. The molecule has 1 aliphatic rings. The van der Waals surface area contributed by atoms with E-state index in [0.29, 0.717) is 5.56 Å². The van der Waals surface area contributed by atoms with Crippen molar-refractivity contribution in [3.05, 3.63) is 47.1 Å². The van der Waals surface area contributed by atoms with E-state index in [1.807, 2.05) is 13.8 Å². The summed E-state index contributed by atoms with van der Waals surface area (Å²) in [6.07, 6.45) is 2.80. The molecule has 0 saturated carbocycles. The molecule has 7 nitrogen and oxygen atoms in total. The van der Waals surface area contributed by atoms with Gasteiger partial charge in [-0.15, -0.1) is 0 Å². The van der Waals surface area contributed by atoms with Gasteiger partial charge in [0, 0.05) is 25.5 Å². The number of aromatic nitrogens is 1. The topological polar surface area (TPSA) is 88.6 Å². The smallest absolute Gasteiger partial charge is 0.257 e. The van der Waals surface area contributed by atoms with Crippen molar-refractivity contribution in [1.29, 1.82) is 0 Å². The first-order chi connectivity index (χ1) is 13.1. The van der Waals surface area contributed by atoms with Gasteiger partial charge in [0.05, 0.1) is 33.4 Å². The lowest BCUT2D eigenvalue weighted by atomic mass is 10.2. The summed E-state index contributed by atoms with van der Waals surface area (Å²) in [6, 6.07) is 7.64. The number of hydrogen-bond donors (Lipinski definition) is 1. The van der Waals surface area contributed by atoms with Crippen LogP contribution in [0.1, 0.15) is 24.2 Å². The van der Waals surface area contributed by atoms with E-state index in [1.54, 1.807) is 12.1 Å². The quantitative estimate of drug-likeness (QED) is 0.813. The number of nitrogens with zero attached hydrogens (tertiary/aromatic N) is 2. The van der Waals surface area contributed by atoms with Crippen LogP contribution in [0.15, 0.2) is 41.4 Å². The third kappa shape index (κ3) is 4.81. The van der Waals surface area contributed by atoms with E-state index in [-0.39, 0.29) is 27.8 Å². The molecule has 1 fully saturated rings. The minimum Gasteiger partial charge on any atom is -0.372 e. The van der Waals surface area contributed by atoms with Crippen LogP contribution in [-0.4, -0.2) is 50.9 Å². The highest BCUT2D eigenvalue weighted by Crippen LogP contribution is 2.26. The number of rotatable bonds is 4. The Kier molecular flexibility index (Phi) is 5.92. The fourth-order valence-electron chi connectivity index (χ4n) is 3.10. The summed E-state index contributed by atoms with van der Waals surface area (Å²) < 4.78 is 29.1. The lowest BCUT2D eigenvalue weighted by Crippen LogP contribution is -2.45. The summed E-state index contributed by atoms with van der Waals surface area (Å²) in [5, 5.41) is 2.89. The highest BCUT2D eigenvalue weighted by molar-refractivity contribution is 7.90. The van der Waals surface area contributed by atoms with Gasteiger partial charge in [0.25, 0.3) is 5.91 Å². The number of hydrogen-bond acceptors (Lipinski definition) is 6. The molecule has 1 aliphatic heterocycles. The maximum Gasteiger partial charge on any atom is 0.257 e. The van der Waals surface area contributed by atoms with Crippen LogP contribution in [0, 0.1) is 0 Å². The van der Waals surface area contributed by atoms with Crippen molar-refractivity contribution in [2.24, 2.45) is 0 Å². The van der Waals surface area contributed by atoms with Crippen LogP contribution < -0.4 is 10.2 Å². The van der Waals surface area contributed by atoms with Crippen LogP contribution in [0.5, 0.6) is 0 Å². The Hall–Kier alpha value is -2.16. The highest BCUT2D eigenvalue weighted by atomic mass is 35.5. The second kappa shape index (κ2) is 8.06. The van der Waals surface area contributed by atoms with Gasteiger partial charge < -0.3 is 15.0 Å². The number of benzene rings is 1. The molecule has 28 heavy (non-hydrogen) atoms. The second-order valence-electron chi connectivity index (χ2n) is 6.94. The number of sulfone groups is 1. The first-order valence-electron chi connectivity index (χ1n) is 8.81. The zero-order valence-electron chi connectivity index (χ0n) is 15.8. The van der Waals surface area contributed by atoms with E-state index >= 15 is 0 Å². The van der Waals surface area contributed by atoms with Crippen LogP contribution in [0.4, 0.5) is 11.5 Å². The van der Waals surface area contributed by atoms with Crippen LogP contribution in [0.3, 0.4) is 0 Å². The van der Waals surface area contributed by atoms with Gasteiger partial charge in [0.15, 0.2) is 9.84 Å². The Morgan fingerprint density at radius 2 is 1.89 bits per heavy atom. The van der Waals surface area contributed by atoms with Gasteiger partial charge in [0.1, 0.15) is 5.82 Å². The normalized spacial score (nSPS) is 20.1. The van der Waals surface area contributed by atoms with Crippen LogP contribution in [0.25, 0.3) is 0 Å². The maximum absolute atomic E-state index is 12.5. The molecule has 1 saturated heterocycles. The lowest BCUT2D eigenvalue weighted by Gasteiger charge is -2.36. The number of amides is 1. The third-order valence-electron chi connectivity index (χ3n) is 4.37. The summed E-state index contributed by atoms with van der Waals surface area (Å²) in [5.74, 6) is 0.353. The molecule has 1 amide bonds. The number of ether oxygens (including phenoxy) is 1. The van der Waals surface area contributed by atoms with Crippen molar-refractivity contribution in [2.45, 2.75) is 31.0 Å². The Balaban J connectivity index is 1.75. The van der Waals surface area contributed by atoms with Crippen molar-refractivity contribution in [3.8, 4) is 0 Å². The first kappa shape index (κ1) is 20.6. The van der Waals surface area contributed by atoms with Gasteiger partial charge in [0.2, 0.25) is 0 Å². The van der Waals surface area contributed by atoms with Crippen LogP contribution in [-0.2, 0) is 14.6 Å². The molecule has 2 aromatic rings. The summed E-state index contributed by atoms with van der Waals surface area (Å²) in [5.41, 5.74) is 0.577. The minimum atomic E-state index is -3.41. The maximum atomic E-state index is 12.5. The monoisotopic (exact) mass is 423 g/mol. The number of morpholine rings is 1. The number of pyridine rings is 1. The zero-order valence-corrected chi connectivity index (χ0v) is 17.4. The molecule has 0 bridgehead atoms. The molecule has 0 aliphatic carbocycles. The third-order valence-corrected chi connectivity index (χ3v) is 5.81. The van der Waals surface area contributed by atoms with Gasteiger partial charge in [-0.25, -0.2) is 13.4 Å². The molecule has 0 radical (unpaired) electrons. The van der Waals surface area contributed by atoms with Gasteiger partial charge in [-0.1, -0.05) is 11.6 Å². The average molecular weight is 424 g/mol. The lowest BCUT2D eigenvalue weighted by molar-refractivity contribution is -0.00546. The SMILES string of the molecule is CC1CN(c2ccc(C(=O)Nc3cc(S(C)(=O)=O)ccc3Cl)cn2)CC(C)O1. The number of carbonyl (C=O) groups excluding carboxylic acids is 1. The van der Waals surface area contributed by atoms with E-state index < -0.39 is 15.7 Å². The van der Waals surface area contributed by atoms with Gasteiger partial charge >= 0.3 is 0 Å². The van der Waals surface area contributed by atoms with Crippen LogP contribution in [0.2, 0.25) is 5.02 Å². The predicted molar refractivity (Wildman–Crippen MR) is 109 cm³/mol. The molecule has 3 rings (SSSR count). The molecule has 2 unspecified atom stereocenters. The number of carbonyl (C=O) groups is 1. The first-order valence-corrected chi connectivity index (χ1v) is 11.1. The molecule has 9 heteroatoms. The molecule has 1 aromatic carbocycles. The Morgan fingerprint density at radius 1 is 1.21 bits per heavy atom. The number of halogens is 1. The Bertz CT molecular complexity index is 969. The fourth-order valence-corrected chi connectivity index (χ4v) is 3.91. The molecule has 1 aromatic heterocycles. The van der Waals surface area contributed by atoms with E-state index in [9.17, 15) is 13.2 Å². The minimum absolute atomic E-state index is 0.0798. The highest BCUT2D eigenvalue weighted by Gasteiger charge is 2.23. The molecular formula is C19H22ClN3O4S. The molecule has 0 spiro atoms. The summed E-state index contributed by atoms with van der Waals surface area (Å²) in [6.45, 7) is 5.49. The Labute approximate surface area is 169 Å². The predicted octanol–water partition coefficient (Wildman–Crippen LogP) is 3.00. The molecule has 2 atom stereocenters. The molecular weight excluding hydrogens is 402 g/mol. The van der Waals surface area contributed by atoms with E-state index in [2.05, 4.69) is 15.2 Å². The number of nitrogens with one attached hydrogen (secondary N) is 1. The second-order valence-corrected chi connectivity index (χ2v) is 9.36. The van der Waals surface area contributed by atoms with Crippen molar-refractivity contribution < 1.29 is 17.9 Å². The van der Waals surface area contributed by atoms with Crippen molar-refractivity contribution >= 4 is 38.9 Å². The van der Waals surface area contributed by atoms with E-state index in [4.69, 9.17) is 16.3 Å². The summed E-state index contributed by atoms with van der Waals surface area (Å²) in [4.78, 5) is 19.1. The summed E-state index contributed by atoms with van der Waals surface area (Å²) in [7, 11) is -3.41. The molecule has 150 valence electrons.